The number of benzene rings is 1. The Morgan fingerprint density at radius 2 is 2.25 bits per heavy atom. The second kappa shape index (κ2) is 4.26. The highest BCUT2D eigenvalue weighted by Gasteiger charge is 2.03. The van der Waals surface area contributed by atoms with Gasteiger partial charge in [0.25, 0.3) is 0 Å². The zero-order valence-corrected chi connectivity index (χ0v) is 9.47. The molecule has 0 atom stereocenters. The van der Waals surface area contributed by atoms with Crippen LogP contribution in [0.2, 0.25) is 0 Å². The lowest BCUT2D eigenvalue weighted by atomic mass is 10.2. The van der Waals surface area contributed by atoms with E-state index in [-0.39, 0.29) is 0 Å². The molecule has 0 aliphatic rings. The summed E-state index contributed by atoms with van der Waals surface area (Å²) in [5.74, 6) is 1.57. The Morgan fingerprint density at radius 1 is 1.44 bits per heavy atom. The second-order valence-corrected chi connectivity index (χ2v) is 3.69. The molecule has 0 spiro atoms. The van der Waals surface area contributed by atoms with Gasteiger partial charge in [-0.2, -0.15) is 0 Å². The number of aryl methyl sites for hydroxylation is 1. The van der Waals surface area contributed by atoms with E-state index in [1.807, 2.05) is 35.8 Å². The molecule has 4 nitrogen and oxygen atoms in total. The molecule has 0 aliphatic heterocycles. The highest BCUT2D eigenvalue weighted by molar-refractivity contribution is 5.36. The third kappa shape index (κ3) is 2.00. The molecule has 0 saturated carbocycles. The monoisotopic (exact) mass is 217 g/mol. The zero-order chi connectivity index (χ0) is 11.5. The van der Waals surface area contributed by atoms with Crippen LogP contribution < -0.4 is 10.5 Å². The van der Waals surface area contributed by atoms with Crippen molar-refractivity contribution >= 4 is 5.82 Å². The first-order valence-electron chi connectivity index (χ1n) is 5.11. The number of nitrogens with zero attached hydrogens (tertiary/aromatic N) is 2. The van der Waals surface area contributed by atoms with E-state index < -0.39 is 0 Å². The molecule has 0 unspecified atom stereocenters. The molecule has 0 saturated heterocycles. The van der Waals surface area contributed by atoms with Gasteiger partial charge in [0.15, 0.2) is 0 Å². The Hall–Kier alpha value is -1.97. The summed E-state index contributed by atoms with van der Waals surface area (Å²) in [7, 11) is 1.66. The fraction of sp³-hybridized carbons (Fsp3) is 0.250. The average Bonchev–Trinajstić information content (AvgIpc) is 2.61. The lowest BCUT2D eigenvalue weighted by Gasteiger charge is -2.07. The molecule has 0 fully saturated rings. The number of nitrogens with two attached hydrogens (primary N) is 1. The minimum absolute atomic E-state index is 0.711. The summed E-state index contributed by atoms with van der Waals surface area (Å²) in [5, 5.41) is 0. The van der Waals surface area contributed by atoms with Crippen molar-refractivity contribution in [3.63, 3.8) is 0 Å². The molecule has 84 valence electrons. The number of hydrogen-bond acceptors (Lipinski definition) is 3. The Bertz CT molecular complexity index is 491. The van der Waals surface area contributed by atoms with E-state index >= 15 is 0 Å². The predicted molar refractivity (Wildman–Crippen MR) is 63.5 cm³/mol. The lowest BCUT2D eigenvalue weighted by molar-refractivity contribution is 0.414. The summed E-state index contributed by atoms with van der Waals surface area (Å²) in [6, 6.07) is 7.92. The van der Waals surface area contributed by atoms with Crippen LogP contribution in [-0.4, -0.2) is 16.7 Å². The molecule has 1 aromatic heterocycles. The van der Waals surface area contributed by atoms with Crippen molar-refractivity contribution in [2.45, 2.75) is 13.5 Å². The maximum Gasteiger partial charge on any atom is 0.126 e. The standard InChI is InChI=1S/C12H15N3O/c1-9-12(13)15(8-14-9)7-10-4-3-5-11(6-10)16-2/h3-6,8H,7,13H2,1-2H3. The Labute approximate surface area is 94.7 Å². The van der Waals surface area contributed by atoms with Crippen LogP contribution in [0.25, 0.3) is 0 Å². The van der Waals surface area contributed by atoms with Crippen molar-refractivity contribution in [3.05, 3.63) is 41.9 Å². The summed E-state index contributed by atoms with van der Waals surface area (Å²) in [6.45, 7) is 2.61. The van der Waals surface area contributed by atoms with Gasteiger partial charge in [0.2, 0.25) is 0 Å². The predicted octanol–water partition coefficient (Wildman–Crippen LogP) is 1.83. The van der Waals surface area contributed by atoms with Crippen molar-refractivity contribution < 1.29 is 4.74 Å². The second-order valence-electron chi connectivity index (χ2n) is 3.69. The zero-order valence-electron chi connectivity index (χ0n) is 9.47. The van der Waals surface area contributed by atoms with Gasteiger partial charge in [-0.1, -0.05) is 12.1 Å². The molecule has 0 bridgehead atoms. The van der Waals surface area contributed by atoms with Gasteiger partial charge in [0, 0.05) is 0 Å². The van der Waals surface area contributed by atoms with Crippen LogP contribution in [0.4, 0.5) is 5.82 Å². The van der Waals surface area contributed by atoms with E-state index in [1.54, 1.807) is 13.4 Å². The van der Waals surface area contributed by atoms with Crippen molar-refractivity contribution in [1.82, 2.24) is 9.55 Å². The van der Waals surface area contributed by atoms with Gasteiger partial charge in [-0.25, -0.2) is 4.98 Å². The Morgan fingerprint density at radius 3 is 2.88 bits per heavy atom. The van der Waals surface area contributed by atoms with E-state index in [0.717, 1.165) is 17.0 Å². The van der Waals surface area contributed by atoms with Gasteiger partial charge in [-0.05, 0) is 24.6 Å². The SMILES string of the molecule is COc1cccc(Cn2cnc(C)c2N)c1. The largest absolute Gasteiger partial charge is 0.497 e. The molecule has 0 amide bonds. The Balaban J connectivity index is 2.23. The van der Waals surface area contributed by atoms with Crippen molar-refractivity contribution in [1.29, 1.82) is 0 Å². The van der Waals surface area contributed by atoms with Crippen molar-refractivity contribution in [2.24, 2.45) is 0 Å². The molecule has 2 N–H and O–H groups in total. The fourth-order valence-electron chi connectivity index (χ4n) is 1.59. The van der Waals surface area contributed by atoms with Crippen LogP contribution in [0.1, 0.15) is 11.3 Å². The number of hydrogen-bond donors (Lipinski definition) is 1. The van der Waals surface area contributed by atoms with Crippen LogP contribution in [0, 0.1) is 6.92 Å². The fourth-order valence-corrected chi connectivity index (χ4v) is 1.59. The number of aromatic nitrogens is 2. The number of methoxy groups -OCH3 is 1. The van der Waals surface area contributed by atoms with Crippen molar-refractivity contribution in [2.75, 3.05) is 12.8 Å². The maximum atomic E-state index is 5.89. The third-order valence-corrected chi connectivity index (χ3v) is 2.56. The van der Waals surface area contributed by atoms with E-state index in [1.165, 1.54) is 0 Å². The van der Waals surface area contributed by atoms with Gasteiger partial charge < -0.3 is 15.0 Å². The summed E-state index contributed by atoms with van der Waals surface area (Å²) in [4.78, 5) is 4.16. The smallest absolute Gasteiger partial charge is 0.126 e. The first kappa shape index (κ1) is 10.5. The molecular weight excluding hydrogens is 202 g/mol. The number of ether oxygens (including phenoxy) is 1. The van der Waals surface area contributed by atoms with Crippen LogP contribution >= 0.6 is 0 Å². The van der Waals surface area contributed by atoms with Crippen molar-refractivity contribution in [3.8, 4) is 5.75 Å². The molecule has 2 aromatic rings. The highest BCUT2D eigenvalue weighted by Crippen LogP contribution is 2.16. The highest BCUT2D eigenvalue weighted by atomic mass is 16.5. The molecule has 1 aromatic carbocycles. The van der Waals surface area contributed by atoms with E-state index in [0.29, 0.717) is 12.4 Å². The molecule has 0 aliphatic carbocycles. The molecule has 16 heavy (non-hydrogen) atoms. The summed E-state index contributed by atoms with van der Waals surface area (Å²) in [6.07, 6.45) is 1.75. The van der Waals surface area contributed by atoms with Gasteiger partial charge >= 0.3 is 0 Å². The molecule has 4 heteroatoms. The van der Waals surface area contributed by atoms with E-state index in [4.69, 9.17) is 10.5 Å². The number of nitrogen functional groups attached to an aromatic ring is 1. The summed E-state index contributed by atoms with van der Waals surface area (Å²) in [5.41, 5.74) is 7.90. The van der Waals surface area contributed by atoms with Crippen LogP contribution in [0.3, 0.4) is 0 Å². The van der Waals surface area contributed by atoms with Crippen LogP contribution in [0.5, 0.6) is 5.75 Å². The van der Waals surface area contributed by atoms with E-state index in [2.05, 4.69) is 4.98 Å². The first-order chi connectivity index (χ1) is 7.70. The lowest BCUT2D eigenvalue weighted by Crippen LogP contribution is -2.03. The number of rotatable bonds is 3. The minimum Gasteiger partial charge on any atom is -0.497 e. The molecule has 2 rings (SSSR count). The van der Waals surface area contributed by atoms with Crippen LogP contribution in [-0.2, 0) is 6.54 Å². The number of anilines is 1. The topological polar surface area (TPSA) is 53.1 Å². The molecule has 1 heterocycles. The molecule has 0 radical (unpaired) electrons. The normalized spacial score (nSPS) is 10.4. The van der Waals surface area contributed by atoms with Gasteiger partial charge in [0.05, 0.1) is 25.7 Å². The molecular formula is C12H15N3O. The van der Waals surface area contributed by atoms with E-state index in [9.17, 15) is 0 Å². The quantitative estimate of drug-likeness (QED) is 0.853. The van der Waals surface area contributed by atoms with Gasteiger partial charge in [0.1, 0.15) is 11.6 Å². The maximum absolute atomic E-state index is 5.89. The number of imidazole rings is 1. The summed E-state index contributed by atoms with van der Waals surface area (Å²) >= 11 is 0. The summed E-state index contributed by atoms with van der Waals surface area (Å²) < 4.78 is 7.09. The third-order valence-electron chi connectivity index (χ3n) is 2.56. The van der Waals surface area contributed by atoms with Crippen LogP contribution in [0.15, 0.2) is 30.6 Å². The average molecular weight is 217 g/mol. The minimum atomic E-state index is 0.711. The first-order valence-corrected chi connectivity index (χ1v) is 5.11. The van der Waals surface area contributed by atoms with Gasteiger partial charge in [-0.15, -0.1) is 0 Å². The Kier molecular flexibility index (Phi) is 2.81. The van der Waals surface area contributed by atoms with Gasteiger partial charge in [-0.3, -0.25) is 0 Å².